The number of aliphatic hydroxyl groups is 1. The van der Waals surface area contributed by atoms with Gasteiger partial charge in [-0.05, 0) is 70.1 Å². The Morgan fingerprint density at radius 2 is 1.88 bits per heavy atom. The van der Waals surface area contributed by atoms with Crippen LogP contribution in [0.2, 0.25) is 0 Å². The summed E-state index contributed by atoms with van der Waals surface area (Å²) in [5.74, 6) is 0.422. The van der Waals surface area contributed by atoms with Gasteiger partial charge in [0.15, 0.2) is 0 Å². The van der Waals surface area contributed by atoms with E-state index in [0.29, 0.717) is 18.5 Å². The number of piperidine rings is 1. The van der Waals surface area contributed by atoms with Gasteiger partial charge in [0.1, 0.15) is 0 Å². The molecule has 0 radical (unpaired) electrons. The Morgan fingerprint density at radius 3 is 2.50 bits per heavy atom. The molecule has 1 unspecified atom stereocenters. The maximum absolute atomic E-state index is 12.5. The highest BCUT2D eigenvalue weighted by molar-refractivity contribution is 5.94. The molecular weight excluding hydrogens is 328 g/mol. The number of hydrogen-bond donors (Lipinski definition) is 2. The molecule has 5 heteroatoms. The van der Waals surface area contributed by atoms with Crippen molar-refractivity contribution in [2.24, 2.45) is 5.92 Å². The van der Waals surface area contributed by atoms with E-state index in [1.165, 1.54) is 0 Å². The first-order chi connectivity index (χ1) is 12.3. The maximum Gasteiger partial charge on any atom is 0.251 e. The number of hydrogen-bond acceptors (Lipinski definition) is 3. The number of likely N-dealkylation sites (tertiary alicyclic amines) is 1. The van der Waals surface area contributed by atoms with Crippen molar-refractivity contribution in [2.75, 3.05) is 13.1 Å². The van der Waals surface area contributed by atoms with Gasteiger partial charge >= 0.3 is 0 Å². The molecule has 5 nitrogen and oxygen atoms in total. The van der Waals surface area contributed by atoms with Crippen LogP contribution in [0, 0.1) is 5.92 Å². The topological polar surface area (TPSA) is 69.6 Å². The van der Waals surface area contributed by atoms with Crippen LogP contribution in [0.1, 0.15) is 61.9 Å². The van der Waals surface area contributed by atoms with Gasteiger partial charge < -0.3 is 15.3 Å². The van der Waals surface area contributed by atoms with Crippen LogP contribution in [0.15, 0.2) is 24.3 Å². The number of amides is 2. The second-order valence-electron chi connectivity index (χ2n) is 8.38. The molecule has 3 rings (SSSR count). The molecule has 1 aromatic rings. The Hall–Kier alpha value is -1.88. The molecule has 1 saturated carbocycles. The van der Waals surface area contributed by atoms with Crippen LogP contribution in [-0.4, -0.2) is 46.6 Å². The van der Waals surface area contributed by atoms with Crippen molar-refractivity contribution in [3.8, 4) is 0 Å². The molecule has 1 aromatic carbocycles. The third-order valence-electron chi connectivity index (χ3n) is 5.24. The summed E-state index contributed by atoms with van der Waals surface area (Å²) in [6.45, 7) is 5.05. The first-order valence-corrected chi connectivity index (χ1v) is 9.73. The molecule has 1 heterocycles. The van der Waals surface area contributed by atoms with Crippen LogP contribution in [0.4, 0.5) is 0 Å². The molecule has 26 heavy (non-hydrogen) atoms. The van der Waals surface area contributed by atoms with Gasteiger partial charge in [0.2, 0.25) is 5.91 Å². The zero-order valence-electron chi connectivity index (χ0n) is 15.8. The summed E-state index contributed by atoms with van der Waals surface area (Å²) in [6, 6.07) is 7.61. The lowest BCUT2D eigenvalue weighted by atomic mass is 9.98. The van der Waals surface area contributed by atoms with Crippen LogP contribution in [-0.2, 0) is 11.2 Å². The van der Waals surface area contributed by atoms with Gasteiger partial charge in [0.05, 0.1) is 5.60 Å². The first-order valence-electron chi connectivity index (χ1n) is 9.73. The van der Waals surface area contributed by atoms with Crippen molar-refractivity contribution in [1.29, 1.82) is 0 Å². The summed E-state index contributed by atoms with van der Waals surface area (Å²) >= 11 is 0. The van der Waals surface area contributed by atoms with Crippen molar-refractivity contribution < 1.29 is 14.7 Å². The molecule has 0 spiro atoms. The van der Waals surface area contributed by atoms with Crippen molar-refractivity contribution in [1.82, 2.24) is 10.2 Å². The summed E-state index contributed by atoms with van der Waals surface area (Å²) in [7, 11) is 0. The van der Waals surface area contributed by atoms with E-state index in [9.17, 15) is 14.7 Å². The highest BCUT2D eigenvalue weighted by atomic mass is 16.3. The van der Waals surface area contributed by atoms with E-state index < -0.39 is 5.60 Å². The SMILES string of the molecule is CC(C)(O)CCc1ccc(C(=O)NC2CCCN(C(=O)C3CC3)C2)cc1. The van der Waals surface area contributed by atoms with E-state index in [-0.39, 0.29) is 23.8 Å². The normalized spacial score (nSPS) is 20.7. The molecule has 2 aliphatic rings. The van der Waals surface area contributed by atoms with Gasteiger partial charge in [-0.2, -0.15) is 0 Å². The standard InChI is InChI=1S/C21H30N2O3/c1-21(2,26)12-11-15-5-7-16(8-6-15)19(24)22-18-4-3-13-23(14-18)20(25)17-9-10-17/h5-8,17-18,26H,3-4,9-14H2,1-2H3,(H,22,24). The number of carbonyl (C=O) groups is 2. The first kappa shape index (κ1) is 18.9. The zero-order valence-corrected chi connectivity index (χ0v) is 15.8. The lowest BCUT2D eigenvalue weighted by molar-refractivity contribution is -0.133. The van der Waals surface area contributed by atoms with Crippen molar-refractivity contribution in [3.05, 3.63) is 35.4 Å². The maximum atomic E-state index is 12.5. The third-order valence-corrected chi connectivity index (χ3v) is 5.24. The Labute approximate surface area is 155 Å². The predicted molar refractivity (Wildman–Crippen MR) is 101 cm³/mol. The average Bonchev–Trinajstić information content (AvgIpc) is 3.44. The second kappa shape index (κ2) is 7.78. The van der Waals surface area contributed by atoms with E-state index in [4.69, 9.17) is 0 Å². The number of benzene rings is 1. The fourth-order valence-electron chi connectivity index (χ4n) is 3.43. The minimum atomic E-state index is -0.680. The summed E-state index contributed by atoms with van der Waals surface area (Å²) < 4.78 is 0. The zero-order chi connectivity index (χ0) is 18.7. The minimum Gasteiger partial charge on any atom is -0.390 e. The van der Waals surface area contributed by atoms with Crippen molar-refractivity contribution in [3.63, 3.8) is 0 Å². The minimum absolute atomic E-state index is 0.0359. The fraction of sp³-hybridized carbons (Fsp3) is 0.619. The highest BCUT2D eigenvalue weighted by Crippen LogP contribution is 2.31. The molecule has 2 amide bonds. The summed E-state index contributed by atoms with van der Waals surface area (Å²) in [5.41, 5.74) is 1.08. The Morgan fingerprint density at radius 1 is 1.19 bits per heavy atom. The Balaban J connectivity index is 1.51. The molecule has 0 bridgehead atoms. The second-order valence-corrected chi connectivity index (χ2v) is 8.38. The van der Waals surface area contributed by atoms with E-state index in [2.05, 4.69) is 5.32 Å². The third kappa shape index (κ3) is 5.31. The Bertz CT molecular complexity index is 644. The predicted octanol–water partition coefficient (Wildman–Crippen LogP) is 2.52. The number of nitrogens with one attached hydrogen (secondary N) is 1. The van der Waals surface area contributed by atoms with Gasteiger partial charge in [-0.15, -0.1) is 0 Å². The van der Waals surface area contributed by atoms with Gasteiger partial charge in [-0.25, -0.2) is 0 Å². The molecule has 1 aliphatic carbocycles. The van der Waals surface area contributed by atoms with Gasteiger partial charge in [0, 0.05) is 30.6 Å². The molecule has 1 atom stereocenters. The molecule has 1 saturated heterocycles. The average molecular weight is 358 g/mol. The van der Waals surface area contributed by atoms with Gasteiger partial charge in [-0.1, -0.05) is 12.1 Å². The number of aryl methyl sites for hydroxylation is 1. The van der Waals surface area contributed by atoms with E-state index in [0.717, 1.165) is 44.2 Å². The molecular formula is C21H30N2O3. The smallest absolute Gasteiger partial charge is 0.251 e. The quantitative estimate of drug-likeness (QED) is 0.821. The Kier molecular flexibility index (Phi) is 5.66. The number of nitrogens with zero attached hydrogens (tertiary/aromatic N) is 1. The largest absolute Gasteiger partial charge is 0.390 e. The molecule has 1 aliphatic heterocycles. The monoisotopic (exact) mass is 358 g/mol. The molecule has 2 N–H and O–H groups in total. The van der Waals surface area contributed by atoms with Crippen LogP contribution >= 0.6 is 0 Å². The summed E-state index contributed by atoms with van der Waals surface area (Å²) in [6.07, 6.45) is 5.37. The van der Waals surface area contributed by atoms with E-state index >= 15 is 0 Å². The molecule has 142 valence electrons. The fourth-order valence-corrected chi connectivity index (χ4v) is 3.43. The van der Waals surface area contributed by atoms with Crippen molar-refractivity contribution >= 4 is 11.8 Å². The summed E-state index contributed by atoms with van der Waals surface area (Å²) in [5, 5.41) is 12.9. The van der Waals surface area contributed by atoms with Crippen LogP contribution < -0.4 is 5.32 Å². The molecule has 0 aromatic heterocycles. The van der Waals surface area contributed by atoms with Crippen LogP contribution in [0.5, 0.6) is 0 Å². The number of carbonyl (C=O) groups excluding carboxylic acids is 2. The van der Waals surface area contributed by atoms with E-state index in [1.807, 2.05) is 29.2 Å². The van der Waals surface area contributed by atoms with Gasteiger partial charge in [0.25, 0.3) is 5.91 Å². The lowest BCUT2D eigenvalue weighted by Gasteiger charge is -2.33. The van der Waals surface area contributed by atoms with Crippen molar-refractivity contribution in [2.45, 2.75) is 64.0 Å². The highest BCUT2D eigenvalue weighted by Gasteiger charge is 2.35. The summed E-state index contributed by atoms with van der Waals surface area (Å²) in [4.78, 5) is 26.7. The van der Waals surface area contributed by atoms with Crippen LogP contribution in [0.25, 0.3) is 0 Å². The molecule has 2 fully saturated rings. The lowest BCUT2D eigenvalue weighted by Crippen LogP contribution is -2.50. The van der Waals surface area contributed by atoms with E-state index in [1.54, 1.807) is 13.8 Å². The van der Waals surface area contributed by atoms with Crippen LogP contribution in [0.3, 0.4) is 0 Å². The number of rotatable bonds is 6. The van der Waals surface area contributed by atoms with Gasteiger partial charge in [-0.3, -0.25) is 9.59 Å².